The Balaban J connectivity index is 2.18. The molecule has 0 saturated carbocycles. The van der Waals surface area contributed by atoms with Gasteiger partial charge in [0.1, 0.15) is 5.82 Å². The van der Waals surface area contributed by atoms with E-state index in [4.69, 9.17) is 0 Å². The average Bonchev–Trinajstić information content (AvgIpc) is 2.23. The van der Waals surface area contributed by atoms with Gasteiger partial charge in [-0.1, -0.05) is 6.42 Å². The second kappa shape index (κ2) is 4.05. The molecule has 1 aliphatic rings. The summed E-state index contributed by atoms with van der Waals surface area (Å²) in [4.78, 5) is 4.26. The molecule has 0 bridgehead atoms. The Labute approximate surface area is 83.6 Å². The first kappa shape index (κ1) is 9.59. The molecule has 0 aliphatic carbocycles. The Bertz CT molecular complexity index is 319. The number of pyridine rings is 1. The zero-order valence-corrected chi connectivity index (χ0v) is 8.39. The predicted octanol–water partition coefficient (Wildman–Crippen LogP) is 2.34. The van der Waals surface area contributed by atoms with Crippen LogP contribution in [0.5, 0.6) is 0 Å². The fourth-order valence-electron chi connectivity index (χ4n) is 1.86. The van der Waals surface area contributed by atoms with E-state index in [0.717, 1.165) is 18.7 Å². The van der Waals surface area contributed by atoms with Crippen LogP contribution in [0.4, 0.5) is 4.39 Å². The topological polar surface area (TPSA) is 24.9 Å². The number of nitrogens with one attached hydrogen (secondary N) is 1. The van der Waals surface area contributed by atoms with Gasteiger partial charge in [0.25, 0.3) is 0 Å². The van der Waals surface area contributed by atoms with E-state index < -0.39 is 0 Å². The van der Waals surface area contributed by atoms with E-state index in [0.29, 0.717) is 11.7 Å². The molecule has 76 valence electrons. The van der Waals surface area contributed by atoms with E-state index in [1.165, 1.54) is 18.9 Å². The largest absolute Gasteiger partial charge is 0.309 e. The van der Waals surface area contributed by atoms with Crippen LogP contribution in [0.25, 0.3) is 0 Å². The number of halogens is 1. The van der Waals surface area contributed by atoms with Gasteiger partial charge in [0.05, 0.1) is 11.4 Å². The van der Waals surface area contributed by atoms with Gasteiger partial charge in [-0.2, -0.15) is 0 Å². The molecule has 1 fully saturated rings. The lowest BCUT2D eigenvalue weighted by atomic mass is 10.0. The van der Waals surface area contributed by atoms with Crippen LogP contribution in [0.3, 0.4) is 0 Å². The first-order valence-corrected chi connectivity index (χ1v) is 5.14. The lowest BCUT2D eigenvalue weighted by Crippen LogP contribution is -2.27. The highest BCUT2D eigenvalue weighted by Gasteiger charge is 2.16. The summed E-state index contributed by atoms with van der Waals surface area (Å²) in [5, 5.41) is 3.40. The van der Waals surface area contributed by atoms with Gasteiger partial charge in [-0.25, -0.2) is 4.39 Å². The second-order valence-electron chi connectivity index (χ2n) is 3.81. The summed E-state index contributed by atoms with van der Waals surface area (Å²) in [6.45, 7) is 2.75. The van der Waals surface area contributed by atoms with Gasteiger partial charge in [-0.05, 0) is 38.4 Å². The molecule has 0 amide bonds. The fraction of sp³-hybridized carbons (Fsp3) is 0.545. The molecule has 1 saturated heterocycles. The molecule has 2 nitrogen and oxygen atoms in total. The number of hydrogen-bond acceptors (Lipinski definition) is 2. The maximum absolute atomic E-state index is 13.0. The monoisotopic (exact) mass is 194 g/mol. The lowest BCUT2D eigenvalue weighted by molar-refractivity contribution is 0.404. The van der Waals surface area contributed by atoms with Crippen LogP contribution < -0.4 is 5.32 Å². The Kier molecular flexibility index (Phi) is 2.77. The quantitative estimate of drug-likeness (QED) is 0.742. The Morgan fingerprint density at radius 2 is 2.29 bits per heavy atom. The van der Waals surface area contributed by atoms with Crippen LogP contribution in [0.15, 0.2) is 12.1 Å². The van der Waals surface area contributed by atoms with Gasteiger partial charge >= 0.3 is 0 Å². The third-order valence-corrected chi connectivity index (χ3v) is 2.71. The number of aromatic nitrogens is 1. The van der Waals surface area contributed by atoms with E-state index in [-0.39, 0.29) is 5.82 Å². The molecule has 1 aromatic rings. The third kappa shape index (κ3) is 1.93. The normalized spacial score (nSPS) is 22.3. The van der Waals surface area contributed by atoms with Crippen molar-refractivity contribution >= 4 is 0 Å². The summed E-state index contributed by atoms with van der Waals surface area (Å²) >= 11 is 0. The van der Waals surface area contributed by atoms with Gasteiger partial charge < -0.3 is 5.32 Å². The molecule has 1 aliphatic heterocycles. The fourth-order valence-corrected chi connectivity index (χ4v) is 1.86. The molecule has 2 heterocycles. The lowest BCUT2D eigenvalue weighted by Gasteiger charge is -2.23. The molecule has 1 atom stereocenters. The molecule has 0 spiro atoms. The maximum atomic E-state index is 13.0. The highest BCUT2D eigenvalue weighted by atomic mass is 19.1. The number of aryl methyl sites for hydroxylation is 1. The summed E-state index contributed by atoms with van der Waals surface area (Å²) in [6, 6.07) is 3.61. The van der Waals surface area contributed by atoms with Crippen molar-refractivity contribution in [1.82, 2.24) is 10.3 Å². The van der Waals surface area contributed by atoms with Crippen molar-refractivity contribution in [1.29, 1.82) is 0 Å². The molecular formula is C11H15FN2. The summed E-state index contributed by atoms with van der Waals surface area (Å²) in [5.74, 6) is -0.218. The molecular weight excluding hydrogens is 179 g/mol. The number of rotatable bonds is 1. The first-order chi connectivity index (χ1) is 6.77. The van der Waals surface area contributed by atoms with E-state index in [2.05, 4.69) is 10.3 Å². The Morgan fingerprint density at radius 3 is 2.93 bits per heavy atom. The van der Waals surface area contributed by atoms with Gasteiger partial charge in [0.15, 0.2) is 0 Å². The maximum Gasteiger partial charge on any atom is 0.144 e. The third-order valence-electron chi connectivity index (χ3n) is 2.71. The van der Waals surface area contributed by atoms with Crippen molar-refractivity contribution in [2.75, 3.05) is 6.54 Å². The number of piperidine rings is 1. The van der Waals surface area contributed by atoms with Crippen LogP contribution in [-0.4, -0.2) is 11.5 Å². The first-order valence-electron chi connectivity index (χ1n) is 5.14. The smallest absolute Gasteiger partial charge is 0.144 e. The van der Waals surface area contributed by atoms with E-state index >= 15 is 0 Å². The Hall–Kier alpha value is -0.960. The minimum Gasteiger partial charge on any atom is -0.309 e. The minimum atomic E-state index is -0.218. The Morgan fingerprint density at radius 1 is 1.43 bits per heavy atom. The second-order valence-corrected chi connectivity index (χ2v) is 3.81. The standard InChI is InChI=1S/C11H15FN2/c1-8-9(12)5-6-11(14-8)10-4-2-3-7-13-10/h5-6,10,13H,2-4,7H2,1H3. The highest BCUT2D eigenvalue weighted by Crippen LogP contribution is 2.21. The van der Waals surface area contributed by atoms with Crippen molar-refractivity contribution < 1.29 is 4.39 Å². The molecule has 2 rings (SSSR count). The summed E-state index contributed by atoms with van der Waals surface area (Å²) in [5.41, 5.74) is 1.47. The molecule has 0 radical (unpaired) electrons. The average molecular weight is 194 g/mol. The van der Waals surface area contributed by atoms with Crippen LogP contribution in [0, 0.1) is 12.7 Å². The van der Waals surface area contributed by atoms with E-state index in [9.17, 15) is 4.39 Å². The van der Waals surface area contributed by atoms with Gasteiger partial charge in [0, 0.05) is 6.04 Å². The van der Waals surface area contributed by atoms with Crippen LogP contribution in [0.2, 0.25) is 0 Å². The van der Waals surface area contributed by atoms with Crippen LogP contribution in [0.1, 0.15) is 36.7 Å². The molecule has 3 heteroatoms. The highest BCUT2D eigenvalue weighted by molar-refractivity contribution is 5.15. The molecule has 0 aromatic carbocycles. The van der Waals surface area contributed by atoms with E-state index in [1.54, 1.807) is 13.0 Å². The zero-order chi connectivity index (χ0) is 9.97. The summed E-state index contributed by atoms with van der Waals surface area (Å²) in [7, 11) is 0. The molecule has 14 heavy (non-hydrogen) atoms. The van der Waals surface area contributed by atoms with Crippen molar-refractivity contribution in [3.63, 3.8) is 0 Å². The number of nitrogens with zero attached hydrogens (tertiary/aromatic N) is 1. The van der Waals surface area contributed by atoms with E-state index in [1.807, 2.05) is 0 Å². The zero-order valence-electron chi connectivity index (χ0n) is 8.39. The van der Waals surface area contributed by atoms with Crippen LogP contribution >= 0.6 is 0 Å². The van der Waals surface area contributed by atoms with Crippen molar-refractivity contribution in [3.8, 4) is 0 Å². The predicted molar refractivity (Wildman–Crippen MR) is 53.5 cm³/mol. The van der Waals surface area contributed by atoms with Crippen molar-refractivity contribution in [3.05, 3.63) is 29.3 Å². The number of hydrogen-bond donors (Lipinski definition) is 1. The van der Waals surface area contributed by atoms with Crippen LogP contribution in [-0.2, 0) is 0 Å². The molecule has 1 N–H and O–H groups in total. The SMILES string of the molecule is Cc1nc(C2CCCCN2)ccc1F. The van der Waals surface area contributed by atoms with Gasteiger partial charge in [-0.15, -0.1) is 0 Å². The minimum absolute atomic E-state index is 0.218. The molecule has 1 unspecified atom stereocenters. The molecule has 1 aromatic heterocycles. The summed E-state index contributed by atoms with van der Waals surface area (Å²) in [6.07, 6.45) is 3.57. The van der Waals surface area contributed by atoms with Gasteiger partial charge in [0.2, 0.25) is 0 Å². The summed E-state index contributed by atoms with van der Waals surface area (Å²) < 4.78 is 13.0. The van der Waals surface area contributed by atoms with Crippen molar-refractivity contribution in [2.24, 2.45) is 0 Å². The van der Waals surface area contributed by atoms with Crippen molar-refractivity contribution in [2.45, 2.75) is 32.2 Å². The van der Waals surface area contributed by atoms with Gasteiger partial charge in [-0.3, -0.25) is 4.98 Å².